The van der Waals surface area contributed by atoms with E-state index < -0.39 is 20.9 Å². The predicted molar refractivity (Wildman–Crippen MR) is 67.8 cm³/mol. The van der Waals surface area contributed by atoms with Crippen LogP contribution < -0.4 is 10.3 Å². The van der Waals surface area contributed by atoms with Gasteiger partial charge in [-0.3, -0.25) is 20.3 Å². The van der Waals surface area contributed by atoms with Crippen LogP contribution in [0.4, 0.5) is 5.69 Å². The highest BCUT2D eigenvalue weighted by atomic mass is 32.2. The number of hydrazine groups is 1. The van der Waals surface area contributed by atoms with Crippen molar-refractivity contribution in [2.24, 2.45) is 0 Å². The first-order valence-corrected chi connectivity index (χ1v) is 7.05. The number of hydrogen-bond donors (Lipinski definition) is 2. The molecule has 1 amide bonds. The zero-order valence-corrected chi connectivity index (χ0v) is 10.9. The summed E-state index contributed by atoms with van der Waals surface area (Å²) in [6.07, 6.45) is 0.419. The number of nitro benzene ring substituents is 1. The third-order valence-electron chi connectivity index (χ3n) is 2.13. The van der Waals surface area contributed by atoms with Crippen LogP contribution in [-0.2, 0) is 10.0 Å². The van der Waals surface area contributed by atoms with Gasteiger partial charge >= 0.3 is 0 Å². The lowest BCUT2D eigenvalue weighted by Gasteiger charge is -2.07. The van der Waals surface area contributed by atoms with Gasteiger partial charge in [-0.25, -0.2) is 8.42 Å². The first-order valence-electron chi connectivity index (χ1n) is 5.40. The molecular formula is C10H13N3O5S. The molecule has 104 valence electrons. The van der Waals surface area contributed by atoms with Crippen molar-refractivity contribution in [3.05, 3.63) is 39.9 Å². The highest BCUT2D eigenvalue weighted by Crippen LogP contribution is 2.11. The highest BCUT2D eigenvalue weighted by molar-refractivity contribution is 7.89. The minimum Gasteiger partial charge on any atom is -0.274 e. The first-order chi connectivity index (χ1) is 8.85. The van der Waals surface area contributed by atoms with Gasteiger partial charge in [0.25, 0.3) is 11.6 Å². The van der Waals surface area contributed by atoms with Crippen LogP contribution in [0.1, 0.15) is 23.7 Å². The molecule has 9 heteroatoms. The molecule has 0 saturated carbocycles. The quantitative estimate of drug-likeness (QED) is 0.585. The number of non-ortho nitro benzene ring substituents is 1. The van der Waals surface area contributed by atoms with Crippen molar-refractivity contribution in [1.29, 1.82) is 0 Å². The number of rotatable bonds is 6. The Morgan fingerprint density at radius 2 is 1.89 bits per heavy atom. The Balaban J connectivity index is 2.66. The second-order valence-electron chi connectivity index (χ2n) is 3.68. The number of benzene rings is 1. The van der Waals surface area contributed by atoms with Crippen LogP contribution >= 0.6 is 0 Å². The van der Waals surface area contributed by atoms with E-state index in [1.807, 2.05) is 10.3 Å². The van der Waals surface area contributed by atoms with Gasteiger partial charge in [-0.2, -0.15) is 0 Å². The van der Waals surface area contributed by atoms with Crippen LogP contribution in [0.25, 0.3) is 0 Å². The minimum absolute atomic E-state index is 0.104. The molecule has 19 heavy (non-hydrogen) atoms. The lowest BCUT2D eigenvalue weighted by Crippen LogP contribution is -2.42. The van der Waals surface area contributed by atoms with E-state index in [9.17, 15) is 23.3 Å². The molecule has 0 aromatic heterocycles. The lowest BCUT2D eigenvalue weighted by atomic mass is 10.2. The molecule has 1 aromatic rings. The standard InChI is InChI=1S/C10H13N3O5S/c1-2-7-19(17,18)12-11-10(14)8-3-5-9(6-4-8)13(15)16/h3-6,12H,2,7H2,1H3,(H,11,14). The summed E-state index contributed by atoms with van der Waals surface area (Å²) in [4.78, 5) is 23.3. The molecule has 1 rings (SSSR count). The number of nitrogens with one attached hydrogen (secondary N) is 2. The van der Waals surface area contributed by atoms with Crippen molar-refractivity contribution in [2.75, 3.05) is 5.75 Å². The van der Waals surface area contributed by atoms with E-state index in [0.29, 0.717) is 6.42 Å². The Bertz CT molecular complexity index is 567. The summed E-state index contributed by atoms with van der Waals surface area (Å²) >= 11 is 0. The fourth-order valence-corrected chi connectivity index (χ4v) is 2.14. The fraction of sp³-hybridized carbons (Fsp3) is 0.300. The number of nitro groups is 1. The highest BCUT2D eigenvalue weighted by Gasteiger charge is 2.12. The van der Waals surface area contributed by atoms with E-state index in [-0.39, 0.29) is 17.0 Å². The number of hydrogen-bond acceptors (Lipinski definition) is 5. The summed E-state index contributed by atoms with van der Waals surface area (Å²) < 4.78 is 22.6. The predicted octanol–water partition coefficient (Wildman–Crippen LogP) is 0.569. The number of carbonyl (C=O) groups is 1. The summed E-state index contributed by atoms with van der Waals surface area (Å²) in [5.74, 6) is -0.789. The second-order valence-corrected chi connectivity index (χ2v) is 5.52. The van der Waals surface area contributed by atoms with E-state index in [4.69, 9.17) is 0 Å². The summed E-state index contributed by atoms with van der Waals surface area (Å²) in [6.45, 7) is 1.69. The van der Waals surface area contributed by atoms with Gasteiger partial charge in [-0.05, 0) is 18.6 Å². The van der Waals surface area contributed by atoms with Crippen LogP contribution in [0.5, 0.6) is 0 Å². The number of amides is 1. The van der Waals surface area contributed by atoms with Crippen LogP contribution in [0.3, 0.4) is 0 Å². The van der Waals surface area contributed by atoms with Crippen LogP contribution in [0.2, 0.25) is 0 Å². The molecular weight excluding hydrogens is 274 g/mol. The van der Waals surface area contributed by atoms with Gasteiger partial charge in [-0.15, -0.1) is 4.83 Å². The smallest absolute Gasteiger partial charge is 0.269 e. The van der Waals surface area contributed by atoms with E-state index in [1.165, 1.54) is 12.1 Å². The molecule has 8 nitrogen and oxygen atoms in total. The summed E-state index contributed by atoms with van der Waals surface area (Å²) in [5, 5.41) is 10.4. The van der Waals surface area contributed by atoms with Crippen molar-refractivity contribution in [2.45, 2.75) is 13.3 Å². The molecule has 0 unspecified atom stereocenters. The average molecular weight is 287 g/mol. The third kappa shape index (κ3) is 4.64. The van der Waals surface area contributed by atoms with E-state index in [2.05, 4.69) is 0 Å². The van der Waals surface area contributed by atoms with E-state index in [0.717, 1.165) is 12.1 Å². The van der Waals surface area contributed by atoms with Gasteiger partial charge in [-0.1, -0.05) is 6.92 Å². The topological polar surface area (TPSA) is 118 Å². The molecule has 0 fully saturated rings. The van der Waals surface area contributed by atoms with Crippen molar-refractivity contribution in [1.82, 2.24) is 10.3 Å². The molecule has 1 aromatic carbocycles. The van der Waals surface area contributed by atoms with Gasteiger partial charge in [0, 0.05) is 17.7 Å². The Morgan fingerprint density at radius 1 is 1.32 bits per heavy atom. The van der Waals surface area contributed by atoms with Crippen LogP contribution in [0.15, 0.2) is 24.3 Å². The fourth-order valence-electron chi connectivity index (χ4n) is 1.25. The second kappa shape index (κ2) is 6.25. The number of carbonyl (C=O) groups excluding carboxylic acids is 1. The molecule has 0 radical (unpaired) electrons. The van der Waals surface area contributed by atoms with Crippen molar-refractivity contribution < 1.29 is 18.1 Å². The Morgan fingerprint density at radius 3 is 2.37 bits per heavy atom. The van der Waals surface area contributed by atoms with E-state index >= 15 is 0 Å². The zero-order valence-electron chi connectivity index (χ0n) is 10.1. The molecule has 0 aliphatic heterocycles. The Hall–Kier alpha value is -2.00. The maximum atomic E-state index is 11.6. The number of nitrogens with zero attached hydrogens (tertiary/aromatic N) is 1. The summed E-state index contributed by atoms with van der Waals surface area (Å²) in [5.41, 5.74) is 1.99. The van der Waals surface area contributed by atoms with Crippen LogP contribution in [-0.4, -0.2) is 25.0 Å². The largest absolute Gasteiger partial charge is 0.274 e. The normalized spacial score (nSPS) is 11.0. The van der Waals surface area contributed by atoms with Crippen molar-refractivity contribution >= 4 is 21.6 Å². The average Bonchev–Trinajstić information content (AvgIpc) is 2.36. The number of sulfonamides is 1. The maximum absolute atomic E-state index is 11.6. The van der Waals surface area contributed by atoms with E-state index in [1.54, 1.807) is 6.92 Å². The van der Waals surface area contributed by atoms with Crippen molar-refractivity contribution in [3.8, 4) is 0 Å². The molecule has 0 saturated heterocycles. The van der Waals surface area contributed by atoms with Gasteiger partial charge in [0.1, 0.15) is 0 Å². The third-order valence-corrected chi connectivity index (χ3v) is 3.49. The molecule has 2 N–H and O–H groups in total. The minimum atomic E-state index is -3.55. The first kappa shape index (κ1) is 15.1. The van der Waals surface area contributed by atoms with Gasteiger partial charge in [0.15, 0.2) is 0 Å². The zero-order chi connectivity index (χ0) is 14.5. The van der Waals surface area contributed by atoms with Crippen LogP contribution in [0, 0.1) is 10.1 Å². The monoisotopic (exact) mass is 287 g/mol. The molecule has 0 bridgehead atoms. The SMILES string of the molecule is CCCS(=O)(=O)NNC(=O)c1ccc([N+](=O)[O-])cc1. The van der Waals surface area contributed by atoms with Gasteiger partial charge in [0.05, 0.1) is 10.7 Å². The van der Waals surface area contributed by atoms with Gasteiger partial charge in [0.2, 0.25) is 10.0 Å². The van der Waals surface area contributed by atoms with Crippen molar-refractivity contribution in [3.63, 3.8) is 0 Å². The Kier molecular flexibility index (Phi) is 4.95. The summed E-state index contributed by atoms with van der Waals surface area (Å²) in [6, 6.07) is 4.80. The Labute approximate surface area is 110 Å². The lowest BCUT2D eigenvalue weighted by molar-refractivity contribution is -0.384. The summed E-state index contributed by atoms with van der Waals surface area (Å²) in [7, 11) is -3.55. The maximum Gasteiger partial charge on any atom is 0.269 e. The molecule has 0 atom stereocenters. The molecule has 0 aliphatic carbocycles. The molecule has 0 spiro atoms. The molecule has 0 heterocycles. The molecule has 0 aliphatic rings. The van der Waals surface area contributed by atoms with Gasteiger partial charge < -0.3 is 0 Å².